The Morgan fingerprint density at radius 2 is 2.00 bits per heavy atom. The maximum Gasteiger partial charge on any atom is 0.340 e. The van der Waals surface area contributed by atoms with Crippen molar-refractivity contribution in [2.45, 2.75) is 6.92 Å². The van der Waals surface area contributed by atoms with E-state index in [-0.39, 0.29) is 5.57 Å². The zero-order valence-electron chi connectivity index (χ0n) is 5.72. The molecule has 0 unspecified atom stereocenters. The topological polar surface area (TPSA) is 43.4 Å². The van der Waals surface area contributed by atoms with E-state index in [4.69, 9.17) is 0 Å². The van der Waals surface area contributed by atoms with Crippen LogP contribution in [0.25, 0.3) is 0 Å². The standard InChI is InChI=1S/C7H8O3/c1-4-6(8)10-7(9)5(2)3/h4H,1-2H2,3H3. The van der Waals surface area contributed by atoms with Crippen LogP contribution in [0.3, 0.4) is 0 Å². The molecule has 54 valence electrons. The molecule has 3 nitrogen and oxygen atoms in total. The average molecular weight is 140 g/mol. The first-order chi connectivity index (χ1) is 4.57. The lowest BCUT2D eigenvalue weighted by molar-refractivity contribution is -0.153. The van der Waals surface area contributed by atoms with E-state index in [1.54, 1.807) is 0 Å². The minimum absolute atomic E-state index is 0.190. The summed E-state index contributed by atoms with van der Waals surface area (Å²) in [5.74, 6) is -1.47. The molecule has 0 N–H and O–H groups in total. The van der Waals surface area contributed by atoms with E-state index in [1.165, 1.54) is 6.92 Å². The summed E-state index contributed by atoms with van der Waals surface area (Å²) in [7, 11) is 0. The molecule has 0 aliphatic rings. The first-order valence-corrected chi connectivity index (χ1v) is 2.62. The molecule has 0 amide bonds. The Morgan fingerprint density at radius 1 is 1.50 bits per heavy atom. The van der Waals surface area contributed by atoms with E-state index in [2.05, 4.69) is 17.9 Å². The van der Waals surface area contributed by atoms with Crippen LogP contribution in [-0.4, -0.2) is 11.9 Å². The number of rotatable bonds is 2. The van der Waals surface area contributed by atoms with Gasteiger partial charge >= 0.3 is 11.9 Å². The number of ether oxygens (including phenoxy) is 1. The summed E-state index contributed by atoms with van der Waals surface area (Å²) in [6.45, 7) is 7.85. The number of carbonyl (C=O) groups is 2. The number of hydrogen-bond acceptors (Lipinski definition) is 3. The Hall–Kier alpha value is -1.38. The highest BCUT2D eigenvalue weighted by Crippen LogP contribution is 1.92. The zero-order chi connectivity index (χ0) is 8.15. The van der Waals surface area contributed by atoms with E-state index < -0.39 is 11.9 Å². The summed E-state index contributed by atoms with van der Waals surface area (Å²) in [4.78, 5) is 20.8. The van der Waals surface area contributed by atoms with Crippen LogP contribution in [0.15, 0.2) is 24.8 Å². The molecular weight excluding hydrogens is 132 g/mol. The van der Waals surface area contributed by atoms with Crippen molar-refractivity contribution in [1.29, 1.82) is 0 Å². The number of hydrogen-bond donors (Lipinski definition) is 0. The lowest BCUT2D eigenvalue weighted by atomic mass is 10.4. The second-order valence-corrected chi connectivity index (χ2v) is 1.69. The summed E-state index contributed by atoms with van der Waals surface area (Å²) >= 11 is 0. The second kappa shape index (κ2) is 3.61. The predicted molar refractivity (Wildman–Crippen MR) is 36.1 cm³/mol. The van der Waals surface area contributed by atoms with Gasteiger partial charge in [-0.1, -0.05) is 13.2 Å². The molecule has 0 aliphatic carbocycles. The van der Waals surface area contributed by atoms with E-state index >= 15 is 0 Å². The molecule has 0 bridgehead atoms. The van der Waals surface area contributed by atoms with Crippen LogP contribution in [0, 0.1) is 0 Å². The minimum Gasteiger partial charge on any atom is -0.386 e. The summed E-state index contributed by atoms with van der Waals surface area (Å²) in [6, 6.07) is 0. The third-order valence-corrected chi connectivity index (χ3v) is 0.708. The van der Waals surface area contributed by atoms with Crippen LogP contribution >= 0.6 is 0 Å². The molecule has 0 fully saturated rings. The summed E-state index contributed by atoms with van der Waals surface area (Å²) in [6.07, 6.45) is 0.918. The van der Waals surface area contributed by atoms with Crippen molar-refractivity contribution in [1.82, 2.24) is 0 Å². The van der Waals surface area contributed by atoms with Gasteiger partial charge in [0.15, 0.2) is 0 Å². The van der Waals surface area contributed by atoms with Gasteiger partial charge in [0.05, 0.1) is 0 Å². The van der Waals surface area contributed by atoms with Gasteiger partial charge in [-0.2, -0.15) is 0 Å². The van der Waals surface area contributed by atoms with Gasteiger partial charge in [0.1, 0.15) is 0 Å². The molecule has 0 aromatic heterocycles. The van der Waals surface area contributed by atoms with Crippen molar-refractivity contribution >= 4 is 11.9 Å². The minimum atomic E-state index is -0.756. The molecule has 0 radical (unpaired) electrons. The maximum atomic E-state index is 10.5. The highest BCUT2D eigenvalue weighted by Gasteiger charge is 2.06. The largest absolute Gasteiger partial charge is 0.386 e. The fourth-order valence-electron chi connectivity index (χ4n) is 0.220. The third-order valence-electron chi connectivity index (χ3n) is 0.708. The number of esters is 2. The van der Waals surface area contributed by atoms with Gasteiger partial charge in [-0.05, 0) is 6.92 Å². The summed E-state index contributed by atoms with van der Waals surface area (Å²) in [5, 5.41) is 0. The highest BCUT2D eigenvalue weighted by atomic mass is 16.6. The van der Waals surface area contributed by atoms with Crippen LogP contribution in [0.5, 0.6) is 0 Å². The van der Waals surface area contributed by atoms with Crippen molar-refractivity contribution in [3.05, 3.63) is 24.8 Å². The Balaban J connectivity index is 3.92. The Labute approximate surface area is 59.0 Å². The summed E-state index contributed by atoms with van der Waals surface area (Å²) in [5.41, 5.74) is 0.190. The maximum absolute atomic E-state index is 10.5. The first-order valence-electron chi connectivity index (χ1n) is 2.62. The van der Waals surface area contributed by atoms with Crippen LogP contribution in [0.1, 0.15) is 6.92 Å². The van der Waals surface area contributed by atoms with E-state index in [9.17, 15) is 9.59 Å². The van der Waals surface area contributed by atoms with Crippen LogP contribution in [0.2, 0.25) is 0 Å². The van der Waals surface area contributed by atoms with Crippen LogP contribution in [-0.2, 0) is 14.3 Å². The van der Waals surface area contributed by atoms with Gasteiger partial charge in [0.25, 0.3) is 0 Å². The molecule has 3 heteroatoms. The smallest absolute Gasteiger partial charge is 0.340 e. The highest BCUT2D eigenvalue weighted by molar-refractivity contribution is 5.98. The molecule has 0 saturated heterocycles. The molecule has 10 heavy (non-hydrogen) atoms. The Kier molecular flexibility index (Phi) is 3.11. The monoisotopic (exact) mass is 140 g/mol. The third kappa shape index (κ3) is 2.81. The molecule has 0 atom stereocenters. The van der Waals surface area contributed by atoms with Crippen molar-refractivity contribution in [2.75, 3.05) is 0 Å². The molecule has 0 spiro atoms. The summed E-state index contributed by atoms with van der Waals surface area (Å²) < 4.78 is 4.17. The van der Waals surface area contributed by atoms with Gasteiger partial charge < -0.3 is 4.74 Å². The van der Waals surface area contributed by atoms with Crippen molar-refractivity contribution in [3.8, 4) is 0 Å². The average Bonchev–Trinajstić information content (AvgIpc) is 1.87. The van der Waals surface area contributed by atoms with Gasteiger partial charge in [0, 0.05) is 11.6 Å². The molecule has 0 aliphatic heterocycles. The fraction of sp³-hybridized carbons (Fsp3) is 0.143. The quantitative estimate of drug-likeness (QED) is 0.324. The van der Waals surface area contributed by atoms with E-state index in [1.807, 2.05) is 0 Å². The first kappa shape index (κ1) is 8.62. The number of carbonyl (C=O) groups excluding carboxylic acids is 2. The SMILES string of the molecule is C=CC(=O)OC(=O)C(=C)C. The van der Waals surface area contributed by atoms with Gasteiger partial charge in [0.2, 0.25) is 0 Å². The molecule has 0 saturated carbocycles. The van der Waals surface area contributed by atoms with Gasteiger partial charge in [-0.3, -0.25) is 0 Å². The van der Waals surface area contributed by atoms with Gasteiger partial charge in [-0.15, -0.1) is 0 Å². The van der Waals surface area contributed by atoms with Crippen molar-refractivity contribution in [3.63, 3.8) is 0 Å². The van der Waals surface area contributed by atoms with Crippen molar-refractivity contribution < 1.29 is 14.3 Å². The zero-order valence-corrected chi connectivity index (χ0v) is 5.72. The van der Waals surface area contributed by atoms with Crippen LogP contribution < -0.4 is 0 Å². The lowest BCUT2D eigenvalue weighted by Crippen LogP contribution is -2.09. The Morgan fingerprint density at radius 3 is 2.30 bits per heavy atom. The molecule has 0 aromatic rings. The lowest BCUT2D eigenvalue weighted by Gasteiger charge is -1.95. The normalized spacial score (nSPS) is 8.10. The fourth-order valence-corrected chi connectivity index (χ4v) is 0.220. The van der Waals surface area contributed by atoms with Crippen molar-refractivity contribution in [2.24, 2.45) is 0 Å². The molecule has 0 aromatic carbocycles. The Bertz CT molecular complexity index is 191. The van der Waals surface area contributed by atoms with Gasteiger partial charge in [-0.25, -0.2) is 9.59 Å². The predicted octanol–water partition coefficient (Wildman–Crippen LogP) is 0.818. The molecular formula is C7H8O3. The molecule has 0 heterocycles. The van der Waals surface area contributed by atoms with E-state index in [0.29, 0.717) is 0 Å². The second-order valence-electron chi connectivity index (χ2n) is 1.69. The molecule has 0 rings (SSSR count). The van der Waals surface area contributed by atoms with Crippen LogP contribution in [0.4, 0.5) is 0 Å². The van der Waals surface area contributed by atoms with E-state index in [0.717, 1.165) is 6.08 Å².